The fourth-order valence-electron chi connectivity index (χ4n) is 3.21. The van der Waals surface area contributed by atoms with E-state index in [1.54, 1.807) is 43.3 Å². The van der Waals surface area contributed by atoms with E-state index in [-0.39, 0.29) is 41.4 Å². The molecule has 0 aliphatic rings. The van der Waals surface area contributed by atoms with Crippen molar-refractivity contribution < 1.29 is 32.3 Å². The van der Waals surface area contributed by atoms with Crippen molar-refractivity contribution in [1.29, 1.82) is 0 Å². The summed E-state index contributed by atoms with van der Waals surface area (Å²) in [6, 6.07) is 12.8. The molecule has 0 bridgehead atoms. The second kappa shape index (κ2) is 11.2. The summed E-state index contributed by atoms with van der Waals surface area (Å²) in [5, 5.41) is 0. The third kappa shape index (κ3) is 6.17. The van der Waals surface area contributed by atoms with Crippen LogP contribution >= 0.6 is 11.3 Å². The lowest BCUT2D eigenvalue weighted by atomic mass is 10.2. The zero-order valence-electron chi connectivity index (χ0n) is 18.7. The van der Waals surface area contributed by atoms with Gasteiger partial charge in [0.1, 0.15) is 6.54 Å². The molecule has 0 aliphatic carbocycles. The number of methoxy groups -OCH3 is 1. The molecule has 0 spiro atoms. The highest BCUT2D eigenvalue weighted by Crippen LogP contribution is 2.20. The highest BCUT2D eigenvalue weighted by atomic mass is 32.2. The van der Waals surface area contributed by atoms with Crippen LogP contribution in [0.3, 0.4) is 0 Å². The van der Waals surface area contributed by atoms with E-state index < -0.39 is 27.7 Å². The van der Waals surface area contributed by atoms with Gasteiger partial charge in [-0.25, -0.2) is 13.2 Å². The molecule has 0 atom stereocenters. The van der Waals surface area contributed by atoms with Crippen LogP contribution in [0.25, 0.3) is 10.2 Å². The Morgan fingerprint density at radius 2 is 1.82 bits per heavy atom. The molecule has 0 fully saturated rings. The minimum absolute atomic E-state index is 0.0763. The second-order valence-electron chi connectivity index (χ2n) is 7.19. The van der Waals surface area contributed by atoms with Gasteiger partial charge in [0.25, 0.3) is 0 Å². The van der Waals surface area contributed by atoms with Gasteiger partial charge in [-0.2, -0.15) is 4.99 Å². The number of benzene rings is 2. The number of amides is 1. The monoisotopic (exact) mass is 504 g/mol. The van der Waals surface area contributed by atoms with Gasteiger partial charge in [0.2, 0.25) is 5.91 Å². The predicted octanol–water partition coefficient (Wildman–Crippen LogP) is 2.73. The Bertz CT molecular complexity index is 1370. The molecular formula is C23H24N2O7S2. The van der Waals surface area contributed by atoms with Gasteiger partial charge in [0.15, 0.2) is 14.6 Å². The number of nitrogens with zero attached hydrogens (tertiary/aromatic N) is 2. The number of thiazole rings is 1. The quantitative estimate of drug-likeness (QED) is 0.411. The molecule has 2 aromatic carbocycles. The first-order valence-corrected chi connectivity index (χ1v) is 12.9. The molecule has 0 radical (unpaired) electrons. The van der Waals surface area contributed by atoms with E-state index in [2.05, 4.69) is 4.99 Å². The van der Waals surface area contributed by atoms with E-state index in [4.69, 9.17) is 9.47 Å². The molecule has 0 N–H and O–H groups in total. The topological polar surface area (TPSA) is 121 Å². The Balaban J connectivity index is 1.85. The summed E-state index contributed by atoms with van der Waals surface area (Å²) >= 11 is 1.13. The number of ether oxygens (including phenoxy) is 2. The van der Waals surface area contributed by atoms with Gasteiger partial charge >= 0.3 is 11.9 Å². The second-order valence-corrected chi connectivity index (χ2v) is 10.3. The van der Waals surface area contributed by atoms with Crippen LogP contribution in [-0.2, 0) is 35.4 Å². The number of aromatic nitrogens is 1. The molecule has 180 valence electrons. The van der Waals surface area contributed by atoms with Crippen molar-refractivity contribution in [2.75, 3.05) is 19.5 Å². The van der Waals surface area contributed by atoms with E-state index in [9.17, 15) is 22.8 Å². The van der Waals surface area contributed by atoms with Crippen molar-refractivity contribution in [3.63, 3.8) is 0 Å². The summed E-state index contributed by atoms with van der Waals surface area (Å²) in [6.07, 6.45) is 0.0297. The van der Waals surface area contributed by atoms with Gasteiger partial charge in [-0.15, -0.1) is 0 Å². The number of fused-ring (bicyclic) bond motifs is 1. The number of esters is 2. The van der Waals surface area contributed by atoms with Crippen LogP contribution in [0.4, 0.5) is 0 Å². The molecule has 11 heteroatoms. The fraction of sp³-hybridized carbons (Fsp3) is 0.304. The molecule has 9 nitrogen and oxygen atoms in total. The maximum atomic E-state index is 12.5. The van der Waals surface area contributed by atoms with Gasteiger partial charge < -0.3 is 14.0 Å². The lowest BCUT2D eigenvalue weighted by molar-refractivity contribution is -0.143. The third-order valence-electron chi connectivity index (χ3n) is 4.82. The van der Waals surface area contributed by atoms with Crippen LogP contribution in [0.1, 0.15) is 30.1 Å². The number of hydrogen-bond acceptors (Lipinski definition) is 8. The Hall–Kier alpha value is -3.31. The van der Waals surface area contributed by atoms with Crippen molar-refractivity contribution >= 4 is 49.2 Å². The predicted molar refractivity (Wildman–Crippen MR) is 126 cm³/mol. The Kier molecular flexibility index (Phi) is 8.35. The van der Waals surface area contributed by atoms with E-state index in [0.29, 0.717) is 15.8 Å². The van der Waals surface area contributed by atoms with E-state index in [0.717, 1.165) is 11.3 Å². The minimum atomic E-state index is -3.50. The molecule has 34 heavy (non-hydrogen) atoms. The van der Waals surface area contributed by atoms with E-state index >= 15 is 0 Å². The standard InChI is InChI=1S/C23H24N2O7S2/c1-3-32-21(27)15-25-18-12-11-16(22(28)31-2)14-19(18)33-23(25)24-20(26)10-7-13-34(29,30)17-8-5-4-6-9-17/h4-6,8-9,11-12,14H,3,7,10,13,15H2,1-2H3. The SMILES string of the molecule is CCOC(=O)Cn1c(=NC(=O)CCCS(=O)(=O)c2ccccc2)sc2cc(C(=O)OC)ccc21. The molecule has 1 aromatic heterocycles. The van der Waals surface area contributed by atoms with Crippen LogP contribution in [0, 0.1) is 0 Å². The molecular weight excluding hydrogens is 480 g/mol. The summed E-state index contributed by atoms with van der Waals surface area (Å²) < 4.78 is 36.7. The lowest BCUT2D eigenvalue weighted by Gasteiger charge is -2.06. The van der Waals surface area contributed by atoms with Crippen LogP contribution in [0.5, 0.6) is 0 Å². The molecule has 0 aliphatic heterocycles. The number of sulfone groups is 1. The zero-order chi connectivity index (χ0) is 24.7. The van der Waals surface area contributed by atoms with Gasteiger partial charge in [0.05, 0.1) is 40.1 Å². The van der Waals surface area contributed by atoms with E-state index in [1.807, 2.05) is 0 Å². The normalized spacial score (nSPS) is 12.0. The summed E-state index contributed by atoms with van der Waals surface area (Å²) in [4.78, 5) is 41.1. The van der Waals surface area contributed by atoms with Crippen LogP contribution in [0.2, 0.25) is 0 Å². The molecule has 0 saturated heterocycles. The smallest absolute Gasteiger partial charge is 0.337 e. The fourth-order valence-corrected chi connectivity index (χ4v) is 5.63. The van der Waals surface area contributed by atoms with Gasteiger partial charge in [-0.05, 0) is 43.7 Å². The molecule has 3 rings (SSSR count). The number of carbonyl (C=O) groups excluding carboxylic acids is 3. The first kappa shape index (κ1) is 25.3. The average molecular weight is 505 g/mol. The summed E-state index contributed by atoms with van der Waals surface area (Å²) in [5.41, 5.74) is 0.924. The van der Waals surface area contributed by atoms with Gasteiger partial charge in [-0.3, -0.25) is 9.59 Å². The summed E-state index contributed by atoms with van der Waals surface area (Å²) in [5.74, 6) is -1.71. The van der Waals surface area contributed by atoms with Crippen LogP contribution in [0.15, 0.2) is 58.4 Å². The maximum Gasteiger partial charge on any atom is 0.337 e. The van der Waals surface area contributed by atoms with Gasteiger partial charge in [-0.1, -0.05) is 29.5 Å². The van der Waals surface area contributed by atoms with Crippen molar-refractivity contribution in [3.8, 4) is 0 Å². The first-order valence-electron chi connectivity index (χ1n) is 10.5. The van der Waals surface area contributed by atoms with Crippen LogP contribution < -0.4 is 4.80 Å². The lowest BCUT2D eigenvalue weighted by Crippen LogP contribution is -2.23. The van der Waals surface area contributed by atoms with Crippen molar-refractivity contribution in [1.82, 2.24) is 4.57 Å². The Morgan fingerprint density at radius 3 is 2.50 bits per heavy atom. The minimum Gasteiger partial charge on any atom is -0.465 e. The summed E-state index contributed by atoms with van der Waals surface area (Å²) in [7, 11) is -2.22. The van der Waals surface area contributed by atoms with Crippen molar-refractivity contribution in [2.45, 2.75) is 31.2 Å². The molecule has 0 unspecified atom stereocenters. The molecule has 3 aromatic rings. The van der Waals surface area contributed by atoms with E-state index in [1.165, 1.54) is 23.8 Å². The van der Waals surface area contributed by atoms with Crippen molar-refractivity contribution in [3.05, 3.63) is 58.9 Å². The number of hydrogen-bond donors (Lipinski definition) is 0. The van der Waals surface area contributed by atoms with Gasteiger partial charge in [0, 0.05) is 6.42 Å². The third-order valence-corrected chi connectivity index (χ3v) is 7.68. The summed E-state index contributed by atoms with van der Waals surface area (Å²) in [6.45, 7) is 1.73. The highest BCUT2D eigenvalue weighted by molar-refractivity contribution is 7.91. The average Bonchev–Trinajstić information content (AvgIpc) is 3.14. The van der Waals surface area contributed by atoms with Crippen molar-refractivity contribution in [2.24, 2.45) is 4.99 Å². The first-order chi connectivity index (χ1) is 16.2. The largest absolute Gasteiger partial charge is 0.465 e. The molecule has 1 amide bonds. The molecule has 0 saturated carbocycles. The number of carbonyl (C=O) groups is 3. The Morgan fingerprint density at radius 1 is 1.09 bits per heavy atom. The van der Waals surface area contributed by atoms with Crippen LogP contribution in [-0.4, -0.2) is 50.3 Å². The molecule has 1 heterocycles. The highest BCUT2D eigenvalue weighted by Gasteiger charge is 2.16. The Labute approximate surface area is 200 Å². The maximum absolute atomic E-state index is 12.5. The number of rotatable bonds is 9. The zero-order valence-corrected chi connectivity index (χ0v) is 20.4.